The first-order valence-corrected chi connectivity index (χ1v) is 7.01. The number of carbonyl (C=O) groups is 1. The van der Waals surface area contributed by atoms with Crippen LogP contribution in [0.1, 0.15) is 12.5 Å². The third kappa shape index (κ3) is 2.76. The Morgan fingerprint density at radius 3 is 2.50 bits per heavy atom. The molecule has 0 radical (unpaired) electrons. The van der Waals surface area contributed by atoms with Gasteiger partial charge in [0.1, 0.15) is 5.75 Å². The number of anilines is 1. The fourth-order valence-electron chi connectivity index (χ4n) is 2.46. The molecule has 0 spiro atoms. The summed E-state index contributed by atoms with van der Waals surface area (Å²) in [6, 6.07) is 14.7. The Morgan fingerprint density at radius 1 is 1.09 bits per heavy atom. The van der Waals surface area contributed by atoms with Gasteiger partial charge in [-0.2, -0.15) is 0 Å². The zero-order valence-corrected chi connectivity index (χ0v) is 12.4. The second-order valence-corrected chi connectivity index (χ2v) is 5.28. The molecule has 2 N–H and O–H groups in total. The average molecular weight is 292 g/mol. The summed E-state index contributed by atoms with van der Waals surface area (Å²) in [5, 5.41) is 13.2. The summed E-state index contributed by atoms with van der Waals surface area (Å²) in [5.74, 6) is 0.125. The van der Waals surface area contributed by atoms with Gasteiger partial charge in [-0.15, -0.1) is 0 Å². The molecule has 1 amide bonds. The van der Waals surface area contributed by atoms with Crippen LogP contribution in [0.4, 0.5) is 5.69 Å². The molecular formula is C18H16N2O2. The number of phenolic OH excluding ortho intramolecular Hbond substituents is 1. The first-order valence-electron chi connectivity index (χ1n) is 7.01. The van der Waals surface area contributed by atoms with Crippen molar-refractivity contribution >= 4 is 22.5 Å². The highest BCUT2D eigenvalue weighted by molar-refractivity contribution is 5.93. The van der Waals surface area contributed by atoms with Crippen molar-refractivity contribution in [1.82, 2.24) is 4.98 Å². The van der Waals surface area contributed by atoms with Crippen LogP contribution in [0.2, 0.25) is 0 Å². The molecule has 4 nitrogen and oxygen atoms in total. The smallest absolute Gasteiger partial charge is 0.221 e. The van der Waals surface area contributed by atoms with E-state index in [-0.39, 0.29) is 11.7 Å². The third-order valence-electron chi connectivity index (χ3n) is 3.50. The molecule has 1 heterocycles. The van der Waals surface area contributed by atoms with Gasteiger partial charge in [-0.3, -0.25) is 4.79 Å². The minimum Gasteiger partial charge on any atom is -0.508 e. The van der Waals surface area contributed by atoms with Crippen molar-refractivity contribution in [3.05, 3.63) is 54.1 Å². The minimum absolute atomic E-state index is 0.106. The summed E-state index contributed by atoms with van der Waals surface area (Å²) in [4.78, 5) is 15.9. The van der Waals surface area contributed by atoms with E-state index in [9.17, 15) is 9.90 Å². The van der Waals surface area contributed by atoms with Crippen molar-refractivity contribution in [2.45, 2.75) is 13.8 Å². The quantitative estimate of drug-likeness (QED) is 0.753. The van der Waals surface area contributed by atoms with E-state index in [0.717, 1.165) is 33.4 Å². The topological polar surface area (TPSA) is 62.2 Å². The van der Waals surface area contributed by atoms with Crippen molar-refractivity contribution in [2.24, 2.45) is 0 Å². The highest BCUT2D eigenvalue weighted by Gasteiger charge is 2.07. The van der Waals surface area contributed by atoms with Gasteiger partial charge in [0.05, 0.1) is 11.2 Å². The van der Waals surface area contributed by atoms with Gasteiger partial charge in [0, 0.05) is 23.6 Å². The number of hydrogen-bond acceptors (Lipinski definition) is 3. The van der Waals surface area contributed by atoms with Gasteiger partial charge in [-0.05, 0) is 55.0 Å². The molecule has 22 heavy (non-hydrogen) atoms. The van der Waals surface area contributed by atoms with Gasteiger partial charge in [-0.25, -0.2) is 4.98 Å². The van der Waals surface area contributed by atoms with Gasteiger partial charge < -0.3 is 10.4 Å². The molecule has 110 valence electrons. The number of aromatic hydroxyl groups is 1. The summed E-state index contributed by atoms with van der Waals surface area (Å²) < 4.78 is 0. The number of benzene rings is 2. The van der Waals surface area contributed by atoms with Crippen LogP contribution in [0.25, 0.3) is 22.2 Å². The lowest BCUT2D eigenvalue weighted by molar-refractivity contribution is -0.114. The Morgan fingerprint density at radius 2 is 1.82 bits per heavy atom. The fraction of sp³-hybridized carbons (Fsp3) is 0.111. The molecule has 2 aromatic carbocycles. The molecule has 0 aliphatic heterocycles. The average Bonchev–Trinajstić information content (AvgIpc) is 2.47. The number of amides is 1. The summed E-state index contributed by atoms with van der Waals surface area (Å²) in [6.45, 7) is 3.52. The number of nitrogens with zero attached hydrogens (tertiary/aromatic N) is 1. The van der Waals surface area contributed by atoms with Crippen LogP contribution in [-0.2, 0) is 4.79 Å². The molecule has 0 saturated carbocycles. The zero-order valence-electron chi connectivity index (χ0n) is 12.4. The standard InChI is InChI=1S/C18H16N2O2/c1-11-9-17(13-3-6-15(22)7-4-13)20-18-10-14(19-12(2)21)5-8-16(11)18/h3-10,22H,1-2H3,(H,19,21). The monoisotopic (exact) mass is 292 g/mol. The number of aryl methyl sites for hydroxylation is 1. The lowest BCUT2D eigenvalue weighted by Crippen LogP contribution is -2.05. The Kier molecular flexibility index (Phi) is 3.51. The molecule has 4 heteroatoms. The highest BCUT2D eigenvalue weighted by Crippen LogP contribution is 2.27. The van der Waals surface area contributed by atoms with Gasteiger partial charge in [0.15, 0.2) is 0 Å². The molecule has 0 aliphatic carbocycles. The van der Waals surface area contributed by atoms with Crippen molar-refractivity contribution in [2.75, 3.05) is 5.32 Å². The van der Waals surface area contributed by atoms with E-state index in [4.69, 9.17) is 0 Å². The van der Waals surface area contributed by atoms with Gasteiger partial charge in [0.25, 0.3) is 0 Å². The second kappa shape index (κ2) is 5.48. The molecule has 0 bridgehead atoms. The first-order chi connectivity index (χ1) is 10.5. The first kappa shape index (κ1) is 14.1. The summed E-state index contributed by atoms with van der Waals surface area (Å²) in [7, 11) is 0. The van der Waals surface area contributed by atoms with E-state index in [0.29, 0.717) is 0 Å². The summed E-state index contributed by atoms with van der Waals surface area (Å²) in [6.07, 6.45) is 0. The van der Waals surface area contributed by atoms with Crippen molar-refractivity contribution in [1.29, 1.82) is 0 Å². The maximum absolute atomic E-state index is 11.2. The van der Waals surface area contributed by atoms with Crippen LogP contribution >= 0.6 is 0 Å². The third-order valence-corrected chi connectivity index (χ3v) is 3.50. The summed E-state index contributed by atoms with van der Waals surface area (Å²) in [5.41, 5.74) is 4.45. The predicted octanol–water partition coefficient (Wildman–Crippen LogP) is 3.87. The Balaban J connectivity index is 2.12. The molecule has 0 atom stereocenters. The predicted molar refractivity (Wildman–Crippen MR) is 87.9 cm³/mol. The lowest BCUT2D eigenvalue weighted by atomic mass is 10.0. The van der Waals surface area contributed by atoms with E-state index in [1.54, 1.807) is 12.1 Å². The number of hydrogen-bond donors (Lipinski definition) is 2. The SMILES string of the molecule is CC(=O)Nc1ccc2c(C)cc(-c3ccc(O)cc3)nc2c1. The molecule has 0 saturated heterocycles. The second-order valence-electron chi connectivity index (χ2n) is 5.28. The molecule has 0 fully saturated rings. The van der Waals surface area contributed by atoms with Gasteiger partial charge >= 0.3 is 0 Å². The van der Waals surface area contributed by atoms with E-state index in [1.165, 1.54) is 6.92 Å². The van der Waals surface area contributed by atoms with Crippen molar-refractivity contribution < 1.29 is 9.90 Å². The normalized spacial score (nSPS) is 10.6. The maximum Gasteiger partial charge on any atom is 0.221 e. The van der Waals surface area contributed by atoms with Crippen LogP contribution in [0, 0.1) is 6.92 Å². The molecule has 1 aromatic heterocycles. The van der Waals surface area contributed by atoms with E-state index < -0.39 is 0 Å². The number of nitrogens with one attached hydrogen (secondary N) is 1. The Labute approximate surface area is 128 Å². The molecule has 0 unspecified atom stereocenters. The zero-order chi connectivity index (χ0) is 15.7. The molecule has 3 rings (SSSR count). The van der Waals surface area contributed by atoms with Gasteiger partial charge in [-0.1, -0.05) is 6.07 Å². The molecular weight excluding hydrogens is 276 g/mol. The number of fused-ring (bicyclic) bond motifs is 1. The van der Waals surface area contributed by atoms with Crippen molar-refractivity contribution in [3.63, 3.8) is 0 Å². The maximum atomic E-state index is 11.2. The number of pyridine rings is 1. The molecule has 0 aliphatic rings. The lowest BCUT2D eigenvalue weighted by Gasteiger charge is -2.09. The molecule has 3 aromatic rings. The number of rotatable bonds is 2. The van der Waals surface area contributed by atoms with E-state index in [2.05, 4.69) is 10.3 Å². The van der Waals surface area contributed by atoms with Crippen LogP contribution in [0.15, 0.2) is 48.5 Å². The van der Waals surface area contributed by atoms with E-state index in [1.807, 2.05) is 43.3 Å². The number of phenols is 1. The fourth-order valence-corrected chi connectivity index (χ4v) is 2.46. The van der Waals surface area contributed by atoms with Gasteiger partial charge in [0.2, 0.25) is 5.91 Å². The number of aromatic nitrogens is 1. The minimum atomic E-state index is -0.106. The van der Waals surface area contributed by atoms with E-state index >= 15 is 0 Å². The Bertz CT molecular complexity index is 855. The Hall–Kier alpha value is -2.88. The largest absolute Gasteiger partial charge is 0.508 e. The summed E-state index contributed by atoms with van der Waals surface area (Å²) >= 11 is 0. The highest BCUT2D eigenvalue weighted by atomic mass is 16.3. The van der Waals surface area contributed by atoms with Crippen LogP contribution < -0.4 is 5.32 Å². The van der Waals surface area contributed by atoms with Crippen LogP contribution in [0.5, 0.6) is 5.75 Å². The number of carbonyl (C=O) groups excluding carboxylic acids is 1. The van der Waals surface area contributed by atoms with Crippen LogP contribution in [0.3, 0.4) is 0 Å². The van der Waals surface area contributed by atoms with Crippen LogP contribution in [-0.4, -0.2) is 16.0 Å². The van der Waals surface area contributed by atoms with Crippen molar-refractivity contribution in [3.8, 4) is 17.0 Å².